The number of fused-ring (bicyclic) bond motifs is 16. The van der Waals surface area contributed by atoms with Gasteiger partial charge in [0.2, 0.25) is 0 Å². The molecule has 0 aliphatic rings. The van der Waals surface area contributed by atoms with Crippen LogP contribution in [0.4, 0.5) is 0 Å². The van der Waals surface area contributed by atoms with E-state index in [1.165, 1.54) is 58.1 Å². The summed E-state index contributed by atoms with van der Waals surface area (Å²) in [6.07, 6.45) is 0. The van der Waals surface area contributed by atoms with Crippen LogP contribution in [-0.4, -0.2) is 19.1 Å². The van der Waals surface area contributed by atoms with Crippen molar-refractivity contribution in [3.63, 3.8) is 0 Å². The molecule has 5 heterocycles. The van der Waals surface area contributed by atoms with Gasteiger partial charge in [0, 0.05) is 53.7 Å². The summed E-state index contributed by atoms with van der Waals surface area (Å²) in [7, 11) is 0. The molecular formula is C56H32N4OS. The molecule has 0 atom stereocenters. The molecule has 288 valence electrons. The van der Waals surface area contributed by atoms with Crippen LogP contribution < -0.4 is 0 Å². The first-order valence-corrected chi connectivity index (χ1v) is 21.7. The average Bonchev–Trinajstić information content (AvgIpc) is 4.10. The van der Waals surface area contributed by atoms with E-state index in [4.69, 9.17) is 14.4 Å². The molecule has 0 bridgehead atoms. The van der Waals surface area contributed by atoms with Crippen LogP contribution in [0.1, 0.15) is 0 Å². The minimum Gasteiger partial charge on any atom is -0.450 e. The lowest BCUT2D eigenvalue weighted by molar-refractivity contribution is 0.662. The van der Waals surface area contributed by atoms with Gasteiger partial charge in [0.1, 0.15) is 11.1 Å². The van der Waals surface area contributed by atoms with Crippen molar-refractivity contribution in [2.45, 2.75) is 0 Å². The Bertz CT molecular complexity index is 4160. The highest BCUT2D eigenvalue weighted by Gasteiger charge is 2.26. The summed E-state index contributed by atoms with van der Waals surface area (Å²) in [5, 5.41) is 10.7. The maximum Gasteiger partial charge on any atom is 0.197 e. The first-order valence-electron chi connectivity index (χ1n) is 20.9. The number of benzene rings is 9. The fourth-order valence-electron chi connectivity index (χ4n) is 10.0. The van der Waals surface area contributed by atoms with Gasteiger partial charge in [-0.1, -0.05) is 133 Å². The minimum atomic E-state index is 0.655. The van der Waals surface area contributed by atoms with Crippen LogP contribution >= 0.6 is 11.3 Å². The largest absolute Gasteiger partial charge is 0.450 e. The quantitative estimate of drug-likeness (QED) is 0.178. The van der Waals surface area contributed by atoms with Gasteiger partial charge in [-0.3, -0.25) is 4.57 Å². The fraction of sp³-hybridized carbons (Fsp3) is 0. The second-order valence-electron chi connectivity index (χ2n) is 16.1. The highest BCUT2D eigenvalue weighted by molar-refractivity contribution is 7.27. The summed E-state index contributed by atoms with van der Waals surface area (Å²) < 4.78 is 14.0. The van der Waals surface area contributed by atoms with Gasteiger partial charge in [-0.25, -0.2) is 9.97 Å². The lowest BCUT2D eigenvalue weighted by Gasteiger charge is -2.11. The van der Waals surface area contributed by atoms with E-state index in [2.05, 4.69) is 167 Å². The molecule has 0 amide bonds. The number of hydrogen-bond donors (Lipinski definition) is 0. The predicted molar refractivity (Wildman–Crippen MR) is 259 cm³/mol. The third-order valence-corrected chi connectivity index (χ3v) is 13.9. The molecule has 0 aliphatic heterocycles. The Hall–Kier alpha value is -8.06. The SMILES string of the molecule is c1ccc(-c2nc(-n3c4ccc(-c5ccc6c(c5)c5ccccc5n6-c5ccccc5)cc4c4c5ccccc5c5c6ccccc6sc5c43)c3oc4ccccc4c3n2)cc1. The Morgan fingerprint density at radius 2 is 1.02 bits per heavy atom. The van der Waals surface area contributed by atoms with Crippen LogP contribution in [0, 0.1) is 0 Å². The molecule has 0 saturated heterocycles. The second kappa shape index (κ2) is 12.7. The minimum absolute atomic E-state index is 0.655. The van der Waals surface area contributed by atoms with Crippen molar-refractivity contribution in [1.82, 2.24) is 19.1 Å². The molecule has 0 N–H and O–H groups in total. The smallest absolute Gasteiger partial charge is 0.197 e. The van der Waals surface area contributed by atoms with Gasteiger partial charge in [-0.2, -0.15) is 0 Å². The third kappa shape index (κ3) is 4.67. The lowest BCUT2D eigenvalue weighted by atomic mass is 9.97. The van der Waals surface area contributed by atoms with Crippen LogP contribution in [0.5, 0.6) is 0 Å². The Morgan fingerprint density at radius 3 is 1.81 bits per heavy atom. The van der Waals surface area contributed by atoms with E-state index in [-0.39, 0.29) is 0 Å². The van der Waals surface area contributed by atoms with Gasteiger partial charge in [0.05, 0.1) is 26.8 Å². The van der Waals surface area contributed by atoms with E-state index in [0.717, 1.165) is 61.1 Å². The molecule has 0 radical (unpaired) electrons. The maximum atomic E-state index is 6.81. The normalized spacial score (nSPS) is 12.2. The van der Waals surface area contributed by atoms with E-state index in [1.54, 1.807) is 0 Å². The van der Waals surface area contributed by atoms with Crippen molar-refractivity contribution >= 4 is 108 Å². The standard InChI is InChI=1S/C56H32N4OS/c1-3-15-33(16-4-1)55-57-51-40-22-10-13-25-47(40)61-53(51)56(58-55)60-46-30-28-35(34-27-29-45-42(31-34)37-19-9-12-24-44(37)59(45)36-17-5-2-6-18-36)32-43(46)49-38-20-7-8-21-39(38)50-41-23-11-14-26-48(41)62-54(50)52(49)60/h1-32H. The number of hydrogen-bond acceptors (Lipinski definition) is 4. The van der Waals surface area contributed by atoms with E-state index < -0.39 is 0 Å². The zero-order chi connectivity index (χ0) is 40.5. The monoisotopic (exact) mass is 808 g/mol. The highest BCUT2D eigenvalue weighted by Crippen LogP contribution is 2.49. The molecule has 5 aromatic heterocycles. The van der Waals surface area contributed by atoms with Gasteiger partial charge >= 0.3 is 0 Å². The van der Waals surface area contributed by atoms with Gasteiger partial charge < -0.3 is 8.98 Å². The van der Waals surface area contributed by atoms with Crippen molar-refractivity contribution in [3.05, 3.63) is 194 Å². The third-order valence-electron chi connectivity index (χ3n) is 12.7. The highest BCUT2D eigenvalue weighted by atomic mass is 32.1. The van der Waals surface area contributed by atoms with Crippen molar-refractivity contribution in [2.75, 3.05) is 0 Å². The van der Waals surface area contributed by atoms with Crippen molar-refractivity contribution in [3.8, 4) is 34.0 Å². The summed E-state index contributed by atoms with van der Waals surface area (Å²) in [6.45, 7) is 0. The number of rotatable bonds is 4. The summed E-state index contributed by atoms with van der Waals surface area (Å²) in [5.41, 5.74) is 11.2. The number of thiophene rings is 1. The van der Waals surface area contributed by atoms with E-state index >= 15 is 0 Å². The predicted octanol–water partition coefficient (Wildman–Crippen LogP) is 15.4. The molecule has 0 spiro atoms. The van der Waals surface area contributed by atoms with Crippen LogP contribution in [-0.2, 0) is 0 Å². The molecule has 14 aromatic rings. The van der Waals surface area contributed by atoms with E-state index in [9.17, 15) is 0 Å². The van der Waals surface area contributed by atoms with Gasteiger partial charge in [0.15, 0.2) is 17.2 Å². The zero-order valence-corrected chi connectivity index (χ0v) is 33.9. The molecule has 0 aliphatic carbocycles. The zero-order valence-electron chi connectivity index (χ0n) is 33.1. The molecule has 0 unspecified atom stereocenters. The van der Waals surface area contributed by atoms with Crippen LogP contribution in [0.2, 0.25) is 0 Å². The molecule has 9 aromatic carbocycles. The van der Waals surface area contributed by atoms with Crippen LogP contribution in [0.3, 0.4) is 0 Å². The van der Waals surface area contributed by atoms with Crippen LogP contribution in [0.25, 0.3) is 131 Å². The van der Waals surface area contributed by atoms with Crippen molar-refractivity contribution < 1.29 is 4.42 Å². The van der Waals surface area contributed by atoms with Crippen LogP contribution in [0.15, 0.2) is 199 Å². The Labute approximate surface area is 358 Å². The summed E-state index contributed by atoms with van der Waals surface area (Å²) in [5.74, 6) is 1.38. The molecular weight excluding hydrogens is 777 g/mol. The molecule has 6 heteroatoms. The summed E-state index contributed by atoms with van der Waals surface area (Å²) in [4.78, 5) is 10.7. The first kappa shape index (κ1) is 33.7. The van der Waals surface area contributed by atoms with E-state index in [0.29, 0.717) is 11.4 Å². The van der Waals surface area contributed by atoms with Gasteiger partial charge in [-0.15, -0.1) is 11.3 Å². The number of aromatic nitrogens is 4. The van der Waals surface area contributed by atoms with Gasteiger partial charge in [-0.05, 0) is 82.6 Å². The summed E-state index contributed by atoms with van der Waals surface area (Å²) in [6, 6.07) is 69.4. The molecule has 62 heavy (non-hydrogen) atoms. The van der Waals surface area contributed by atoms with Crippen molar-refractivity contribution in [1.29, 1.82) is 0 Å². The van der Waals surface area contributed by atoms with E-state index in [1.807, 2.05) is 47.7 Å². The topological polar surface area (TPSA) is 48.8 Å². The Morgan fingerprint density at radius 1 is 0.419 bits per heavy atom. The number of nitrogens with zero attached hydrogens (tertiary/aromatic N) is 4. The molecule has 14 rings (SSSR count). The van der Waals surface area contributed by atoms with Gasteiger partial charge in [0.25, 0.3) is 0 Å². The first-order chi connectivity index (χ1) is 30.8. The molecule has 0 fully saturated rings. The number of para-hydroxylation sites is 3. The lowest BCUT2D eigenvalue weighted by Crippen LogP contribution is -2.02. The molecule has 5 nitrogen and oxygen atoms in total. The average molecular weight is 809 g/mol. The molecule has 0 saturated carbocycles. The number of furan rings is 1. The summed E-state index contributed by atoms with van der Waals surface area (Å²) >= 11 is 1.85. The Kier molecular flexibility index (Phi) is 6.92. The second-order valence-corrected chi connectivity index (χ2v) is 17.1. The fourth-order valence-corrected chi connectivity index (χ4v) is 11.3. The maximum absolute atomic E-state index is 6.81. The van der Waals surface area contributed by atoms with Crippen molar-refractivity contribution in [2.24, 2.45) is 0 Å². The Balaban J connectivity index is 1.12.